The van der Waals surface area contributed by atoms with Gasteiger partial charge < -0.3 is 15.0 Å². The number of fused-ring (bicyclic) bond motifs is 1. The number of carbonyl (C=O) groups excluding carboxylic acids is 2. The summed E-state index contributed by atoms with van der Waals surface area (Å²) in [7, 11) is 0. The van der Waals surface area contributed by atoms with Crippen LogP contribution in [0.3, 0.4) is 0 Å². The minimum Gasteiger partial charge on any atom is -0.507 e. The number of likely N-dealkylation sites (tertiary alicyclic amines) is 1. The molecular weight excluding hydrogens is 560 g/mol. The van der Waals surface area contributed by atoms with E-state index in [4.69, 9.17) is 0 Å². The number of benzene rings is 3. The maximum absolute atomic E-state index is 13.2. The van der Waals surface area contributed by atoms with Gasteiger partial charge in [-0.2, -0.15) is 0 Å². The number of hydrogen-bond donors (Lipinski definition) is 2. The predicted molar refractivity (Wildman–Crippen MR) is 139 cm³/mol. The Labute approximate surface area is 213 Å². The third-order valence-corrected chi connectivity index (χ3v) is 7.20. The molecule has 2 heterocycles. The number of aliphatic hydroxyl groups is 1. The van der Waals surface area contributed by atoms with Crippen molar-refractivity contribution in [3.8, 4) is 0 Å². The second-order valence-corrected chi connectivity index (χ2v) is 9.99. The van der Waals surface area contributed by atoms with Crippen molar-refractivity contribution in [2.24, 2.45) is 0 Å². The number of H-pyrrole nitrogens is 1. The van der Waals surface area contributed by atoms with Crippen molar-refractivity contribution in [2.45, 2.75) is 12.5 Å². The standard InChI is InChI=1S/C27H20Br2N2O3/c28-19-9-5-16(6-10-19)24-23(25(32)17-7-11-20(29)12-8-17)26(33)27(34)31(24)14-13-18-15-30-22-4-2-1-3-21(18)22/h1-12,15,24,30,32H,13-14H2/b25-23+. The highest BCUT2D eigenvalue weighted by atomic mass is 79.9. The fraction of sp³-hybridized carbons (Fsp3) is 0.111. The molecule has 1 saturated heterocycles. The molecule has 4 aromatic rings. The molecule has 1 fully saturated rings. The summed E-state index contributed by atoms with van der Waals surface area (Å²) in [5.74, 6) is -1.45. The Kier molecular flexibility index (Phi) is 6.15. The Morgan fingerprint density at radius 2 is 1.56 bits per heavy atom. The number of halogens is 2. The number of nitrogens with one attached hydrogen (secondary N) is 1. The number of nitrogens with zero attached hydrogens (tertiary/aromatic N) is 1. The van der Waals surface area contributed by atoms with Crippen LogP contribution in [0.25, 0.3) is 16.7 Å². The highest BCUT2D eigenvalue weighted by molar-refractivity contribution is 9.10. The van der Waals surface area contributed by atoms with Crippen molar-refractivity contribution in [1.82, 2.24) is 9.88 Å². The van der Waals surface area contributed by atoms with Crippen LogP contribution in [0, 0.1) is 0 Å². The predicted octanol–water partition coefficient (Wildman–Crippen LogP) is 6.36. The molecule has 1 aromatic heterocycles. The number of carbonyl (C=O) groups is 2. The SMILES string of the molecule is O=C1C(=O)N(CCc2c[nH]c3ccccc23)C(c2ccc(Br)cc2)/C1=C(\O)c1ccc(Br)cc1. The Balaban J connectivity index is 1.56. The second kappa shape index (κ2) is 9.24. The third kappa shape index (κ3) is 4.10. The zero-order valence-corrected chi connectivity index (χ0v) is 21.1. The summed E-state index contributed by atoms with van der Waals surface area (Å²) in [5.41, 5.74) is 3.45. The summed E-state index contributed by atoms with van der Waals surface area (Å²) in [6.07, 6.45) is 2.51. The van der Waals surface area contributed by atoms with E-state index >= 15 is 0 Å². The van der Waals surface area contributed by atoms with E-state index in [0.29, 0.717) is 18.5 Å². The molecule has 5 rings (SSSR count). The Morgan fingerprint density at radius 3 is 2.26 bits per heavy atom. The molecule has 0 saturated carbocycles. The zero-order chi connectivity index (χ0) is 23.8. The van der Waals surface area contributed by atoms with Gasteiger partial charge in [0, 0.05) is 38.2 Å². The van der Waals surface area contributed by atoms with Crippen LogP contribution >= 0.6 is 31.9 Å². The van der Waals surface area contributed by atoms with Gasteiger partial charge in [-0.15, -0.1) is 0 Å². The van der Waals surface area contributed by atoms with E-state index in [0.717, 1.165) is 31.0 Å². The van der Waals surface area contributed by atoms with Crippen molar-refractivity contribution in [1.29, 1.82) is 0 Å². The summed E-state index contributed by atoms with van der Waals surface area (Å²) in [5, 5.41) is 12.2. The lowest BCUT2D eigenvalue weighted by Gasteiger charge is -2.25. The van der Waals surface area contributed by atoms with Gasteiger partial charge >= 0.3 is 0 Å². The maximum atomic E-state index is 13.2. The van der Waals surface area contributed by atoms with Crippen LogP contribution in [0.4, 0.5) is 0 Å². The first-order chi connectivity index (χ1) is 16.4. The molecule has 0 aliphatic carbocycles. The number of aromatic nitrogens is 1. The molecule has 0 radical (unpaired) electrons. The van der Waals surface area contributed by atoms with Gasteiger partial charge in [0.15, 0.2) is 0 Å². The molecule has 3 aromatic carbocycles. The minimum atomic E-state index is -0.679. The van der Waals surface area contributed by atoms with Crippen LogP contribution < -0.4 is 0 Å². The van der Waals surface area contributed by atoms with Crippen LogP contribution in [0.5, 0.6) is 0 Å². The van der Waals surface area contributed by atoms with Gasteiger partial charge in [-0.1, -0.05) is 74.3 Å². The summed E-state index contributed by atoms with van der Waals surface area (Å²) in [6.45, 7) is 0.338. The van der Waals surface area contributed by atoms with Crippen molar-refractivity contribution in [2.75, 3.05) is 6.54 Å². The van der Waals surface area contributed by atoms with Crippen LogP contribution in [-0.4, -0.2) is 33.2 Å². The number of para-hydroxylation sites is 1. The number of Topliss-reactive ketones (excluding diaryl/α,β-unsaturated/α-hetero) is 1. The number of hydrogen-bond acceptors (Lipinski definition) is 3. The molecule has 1 aliphatic rings. The van der Waals surface area contributed by atoms with Crippen molar-refractivity contribution >= 4 is 60.2 Å². The van der Waals surface area contributed by atoms with Gasteiger partial charge in [-0.25, -0.2) is 0 Å². The Morgan fingerprint density at radius 1 is 0.912 bits per heavy atom. The molecule has 34 heavy (non-hydrogen) atoms. The molecule has 7 heteroatoms. The molecule has 1 amide bonds. The molecule has 0 spiro atoms. The van der Waals surface area contributed by atoms with Crippen LogP contribution in [0.2, 0.25) is 0 Å². The van der Waals surface area contributed by atoms with Gasteiger partial charge in [0.1, 0.15) is 5.76 Å². The molecule has 5 nitrogen and oxygen atoms in total. The monoisotopic (exact) mass is 578 g/mol. The number of ketones is 1. The number of aliphatic hydroxyl groups excluding tert-OH is 1. The quantitative estimate of drug-likeness (QED) is 0.164. The molecule has 0 bridgehead atoms. The van der Waals surface area contributed by atoms with Gasteiger partial charge in [-0.3, -0.25) is 9.59 Å². The smallest absolute Gasteiger partial charge is 0.295 e. The van der Waals surface area contributed by atoms with E-state index in [2.05, 4.69) is 36.8 Å². The van der Waals surface area contributed by atoms with Crippen molar-refractivity contribution in [3.63, 3.8) is 0 Å². The van der Waals surface area contributed by atoms with E-state index in [-0.39, 0.29) is 11.3 Å². The van der Waals surface area contributed by atoms with E-state index in [1.54, 1.807) is 29.2 Å². The molecule has 2 N–H and O–H groups in total. The van der Waals surface area contributed by atoms with Crippen molar-refractivity contribution in [3.05, 3.63) is 110 Å². The fourth-order valence-corrected chi connectivity index (χ4v) is 4.97. The topological polar surface area (TPSA) is 73.4 Å². The van der Waals surface area contributed by atoms with Crippen LogP contribution in [0.15, 0.2) is 93.5 Å². The maximum Gasteiger partial charge on any atom is 0.295 e. The summed E-state index contributed by atoms with van der Waals surface area (Å²) >= 11 is 6.83. The lowest BCUT2D eigenvalue weighted by molar-refractivity contribution is -0.139. The second-order valence-electron chi connectivity index (χ2n) is 8.16. The van der Waals surface area contributed by atoms with E-state index in [1.165, 1.54) is 0 Å². The van der Waals surface area contributed by atoms with Gasteiger partial charge in [0.25, 0.3) is 11.7 Å². The van der Waals surface area contributed by atoms with E-state index in [1.807, 2.05) is 54.7 Å². The molecule has 1 atom stereocenters. The zero-order valence-electron chi connectivity index (χ0n) is 18.0. The van der Waals surface area contributed by atoms with Gasteiger partial charge in [-0.05, 0) is 47.9 Å². The minimum absolute atomic E-state index is 0.105. The molecule has 1 aliphatic heterocycles. The van der Waals surface area contributed by atoms with Crippen molar-refractivity contribution < 1.29 is 14.7 Å². The van der Waals surface area contributed by atoms with Crippen LogP contribution in [0.1, 0.15) is 22.7 Å². The molecule has 1 unspecified atom stereocenters. The average molecular weight is 580 g/mol. The number of aromatic amines is 1. The van der Waals surface area contributed by atoms with E-state index in [9.17, 15) is 14.7 Å². The summed E-state index contributed by atoms with van der Waals surface area (Å²) in [6, 6.07) is 21.8. The highest BCUT2D eigenvalue weighted by Crippen LogP contribution is 2.40. The molecule has 170 valence electrons. The normalized spacial score (nSPS) is 17.6. The van der Waals surface area contributed by atoms with Gasteiger partial charge in [0.05, 0.1) is 11.6 Å². The number of rotatable bonds is 5. The lowest BCUT2D eigenvalue weighted by atomic mass is 9.95. The Bertz CT molecular complexity index is 1420. The summed E-state index contributed by atoms with van der Waals surface area (Å²) < 4.78 is 1.74. The molecular formula is C27H20Br2N2O3. The van der Waals surface area contributed by atoms with Gasteiger partial charge in [0.2, 0.25) is 0 Å². The number of amides is 1. The fourth-order valence-electron chi connectivity index (χ4n) is 4.44. The lowest BCUT2D eigenvalue weighted by Crippen LogP contribution is -2.31. The summed E-state index contributed by atoms with van der Waals surface area (Å²) in [4.78, 5) is 31.2. The highest BCUT2D eigenvalue weighted by Gasteiger charge is 2.45. The Hall–Kier alpha value is -3.16. The first-order valence-corrected chi connectivity index (χ1v) is 12.4. The average Bonchev–Trinajstić information content (AvgIpc) is 3.37. The van der Waals surface area contributed by atoms with Crippen LogP contribution in [-0.2, 0) is 16.0 Å². The largest absolute Gasteiger partial charge is 0.507 e. The first-order valence-electron chi connectivity index (χ1n) is 10.8. The first kappa shape index (κ1) is 22.6. The third-order valence-electron chi connectivity index (χ3n) is 6.14. The van der Waals surface area contributed by atoms with E-state index < -0.39 is 17.7 Å².